The Bertz CT molecular complexity index is 774. The van der Waals surface area contributed by atoms with Gasteiger partial charge in [0.1, 0.15) is 17.7 Å². The van der Waals surface area contributed by atoms with Gasteiger partial charge in [0.05, 0.1) is 17.9 Å². The molecule has 37 heavy (non-hydrogen) atoms. The molecule has 16 heteroatoms. The third kappa shape index (κ3) is 12.7. The van der Waals surface area contributed by atoms with Crippen LogP contribution in [0, 0.1) is 10.8 Å². The van der Waals surface area contributed by atoms with Crippen LogP contribution in [0.5, 0.6) is 0 Å². The van der Waals surface area contributed by atoms with Crippen molar-refractivity contribution < 1.29 is 65.2 Å². The Balaban J connectivity index is -0.000000283. The quantitative estimate of drug-likeness (QED) is 0.323. The highest BCUT2D eigenvalue weighted by molar-refractivity contribution is 5.81. The van der Waals surface area contributed by atoms with Gasteiger partial charge in [-0.15, -0.1) is 0 Å². The molecule has 0 unspecified atom stereocenters. The molecule has 0 fully saturated rings. The van der Waals surface area contributed by atoms with E-state index in [4.69, 9.17) is 14.9 Å². The van der Waals surface area contributed by atoms with Crippen LogP contribution in [0.1, 0.15) is 63.3 Å². The van der Waals surface area contributed by atoms with Crippen LogP contribution in [0.25, 0.3) is 0 Å². The van der Waals surface area contributed by atoms with E-state index >= 15 is 0 Å². The summed E-state index contributed by atoms with van der Waals surface area (Å²) in [6, 6.07) is -4.25. The minimum absolute atomic E-state index is 0. The third-order valence-electron chi connectivity index (χ3n) is 4.51. The van der Waals surface area contributed by atoms with E-state index in [2.05, 4.69) is 4.74 Å². The second-order valence-electron chi connectivity index (χ2n) is 9.26. The van der Waals surface area contributed by atoms with E-state index in [0.29, 0.717) is 27.7 Å². The fourth-order valence-electron chi connectivity index (χ4n) is 2.03. The maximum absolute atomic E-state index is 12.8. The van der Waals surface area contributed by atoms with Crippen molar-refractivity contribution in [1.82, 2.24) is 10.6 Å². The van der Waals surface area contributed by atoms with Gasteiger partial charge in [0.15, 0.2) is 0 Å². The Morgan fingerprint density at radius 3 is 1.11 bits per heavy atom. The van der Waals surface area contributed by atoms with Crippen molar-refractivity contribution in [2.75, 3.05) is 7.11 Å². The van der Waals surface area contributed by atoms with Crippen molar-refractivity contribution in [3.05, 3.63) is 0 Å². The molecule has 0 aliphatic carbocycles. The van der Waals surface area contributed by atoms with Crippen LogP contribution in [0.15, 0.2) is 0 Å². The number of hydrogen-bond acceptors (Lipinski definition) is 6. The minimum Gasteiger partial charge on any atom is -0.480 e. The number of nitrogens with one attached hydrogen (secondary N) is 2. The van der Waals surface area contributed by atoms with E-state index in [1.807, 2.05) is 0 Å². The molecule has 0 saturated carbocycles. The first-order valence-electron chi connectivity index (χ1n) is 9.65. The second-order valence-corrected chi connectivity index (χ2v) is 9.26. The topological polar surface area (TPSA) is 151 Å². The van der Waals surface area contributed by atoms with Crippen LogP contribution in [0.2, 0.25) is 0 Å². The third-order valence-corrected chi connectivity index (χ3v) is 4.51. The summed E-state index contributed by atoms with van der Waals surface area (Å²) in [7, 11) is 0.925. The maximum atomic E-state index is 12.8. The van der Waals surface area contributed by atoms with Crippen molar-refractivity contribution in [2.45, 2.75) is 93.4 Å². The summed E-state index contributed by atoms with van der Waals surface area (Å²) in [6.07, 6.45) is -12.0. The van der Waals surface area contributed by atoms with E-state index in [-0.39, 0.29) is 14.9 Å². The van der Waals surface area contributed by atoms with Crippen molar-refractivity contribution in [3.8, 4) is 0 Å². The number of alkyl halides is 6. The lowest BCUT2D eigenvalue weighted by atomic mass is 9.83. The molecule has 10 nitrogen and oxygen atoms in total. The lowest BCUT2D eigenvalue weighted by molar-refractivity contribution is -0.223. The molecular weight excluding hydrogens is 522 g/mol. The van der Waals surface area contributed by atoms with Crippen LogP contribution in [0.3, 0.4) is 0 Å². The molecular formula is C21H38F6N2O8. The lowest BCUT2D eigenvalue weighted by Gasteiger charge is -2.34. The minimum atomic E-state index is -4.79. The van der Waals surface area contributed by atoms with Gasteiger partial charge in [0.2, 0.25) is 0 Å². The van der Waals surface area contributed by atoms with Gasteiger partial charge in [-0.2, -0.15) is 26.3 Å². The van der Waals surface area contributed by atoms with Gasteiger partial charge in [-0.1, -0.05) is 14.9 Å². The first kappa shape index (κ1) is 41.2. The van der Waals surface area contributed by atoms with Crippen molar-refractivity contribution in [3.63, 3.8) is 0 Å². The maximum Gasteiger partial charge on any atom is 0.408 e. The van der Waals surface area contributed by atoms with E-state index in [0.717, 1.165) is 7.11 Å². The summed E-state index contributed by atoms with van der Waals surface area (Å²) in [5.74, 6) is -3.57. The Kier molecular flexibility index (Phi) is 15.7. The summed E-state index contributed by atoms with van der Waals surface area (Å²) in [5.41, 5.74) is -6.17. The average Bonchev–Trinajstić information content (AvgIpc) is 2.60. The number of alkyl carbamates (subject to hydrolysis) is 2. The van der Waals surface area contributed by atoms with Gasteiger partial charge in [-0.3, -0.25) is 0 Å². The number of rotatable bonds is 6. The molecule has 0 heterocycles. The predicted molar refractivity (Wildman–Crippen MR) is 121 cm³/mol. The number of ether oxygens (including phenoxy) is 2. The normalized spacial score (nSPS) is 13.7. The molecule has 0 radical (unpaired) electrons. The summed E-state index contributed by atoms with van der Waals surface area (Å²) < 4.78 is 84.8. The summed E-state index contributed by atoms with van der Waals surface area (Å²) in [4.78, 5) is 43.7. The van der Waals surface area contributed by atoms with Crippen LogP contribution in [-0.4, -0.2) is 71.5 Å². The lowest BCUT2D eigenvalue weighted by Crippen LogP contribution is -2.56. The molecule has 0 aromatic rings. The number of carboxylic acid groups (broad SMARTS) is 2. The molecule has 0 spiro atoms. The predicted octanol–water partition coefficient (Wildman–Crippen LogP) is 5.21. The number of amides is 2. The van der Waals surface area contributed by atoms with E-state index in [9.17, 15) is 45.5 Å². The molecule has 0 aliphatic heterocycles. The number of aliphatic carboxylic acids is 2. The fraction of sp³-hybridized carbons (Fsp3) is 0.810. The highest BCUT2D eigenvalue weighted by Crippen LogP contribution is 2.41. The van der Waals surface area contributed by atoms with Gasteiger partial charge in [-0.25, -0.2) is 19.2 Å². The van der Waals surface area contributed by atoms with Crippen LogP contribution < -0.4 is 10.6 Å². The zero-order valence-corrected chi connectivity index (χ0v) is 20.3. The monoisotopic (exact) mass is 560 g/mol. The van der Waals surface area contributed by atoms with Crippen LogP contribution in [0.4, 0.5) is 35.9 Å². The van der Waals surface area contributed by atoms with E-state index in [1.165, 1.54) is 20.8 Å². The SMILES string of the molecule is C.C.CC(C)(C)OC(=O)N[C@H](C(=O)O)C(C)(C)C(F)(F)F.COC(=O)N[C@H](C(=O)O)C(C)(C)C(F)(F)F. The largest absolute Gasteiger partial charge is 0.480 e. The van der Waals surface area contributed by atoms with E-state index < -0.39 is 65.0 Å². The first-order valence-corrected chi connectivity index (χ1v) is 9.65. The smallest absolute Gasteiger partial charge is 0.408 e. The Morgan fingerprint density at radius 2 is 0.919 bits per heavy atom. The number of methoxy groups -OCH3 is 1. The van der Waals surface area contributed by atoms with Gasteiger partial charge >= 0.3 is 36.5 Å². The number of hydrogen-bond donors (Lipinski definition) is 4. The molecule has 0 saturated heterocycles. The molecule has 4 N–H and O–H groups in total. The average molecular weight is 561 g/mol. The summed E-state index contributed by atoms with van der Waals surface area (Å²) in [6.45, 7) is 7.29. The molecule has 0 bridgehead atoms. The van der Waals surface area contributed by atoms with Crippen LogP contribution >= 0.6 is 0 Å². The van der Waals surface area contributed by atoms with Gasteiger partial charge in [-0.05, 0) is 48.5 Å². The van der Waals surface area contributed by atoms with Gasteiger partial charge in [0, 0.05) is 0 Å². The standard InChI is InChI=1S/C11H18F3NO4.C8H12F3NO4.2CH4/c1-9(2,3)19-8(18)15-6(7(16)17)10(4,5)11(12,13)14;1-7(2,8(9,10)11)4(5(13)14)12-6(15)16-3;;/h6H,1-5H3,(H,15,18)(H,16,17);4H,1-3H3,(H,12,15)(H,13,14);2*1H4/t6-;4-;;/m11../s1. The Morgan fingerprint density at radius 1 is 0.649 bits per heavy atom. The number of carboxylic acids is 2. The van der Waals surface area contributed by atoms with Crippen molar-refractivity contribution >= 4 is 24.1 Å². The molecule has 0 aliphatic rings. The number of carbonyl (C=O) groups excluding carboxylic acids is 2. The van der Waals surface area contributed by atoms with Gasteiger partial charge < -0.3 is 30.3 Å². The zero-order valence-electron chi connectivity index (χ0n) is 20.3. The number of halogens is 6. The Hall–Kier alpha value is -2.94. The molecule has 222 valence electrons. The fourth-order valence-corrected chi connectivity index (χ4v) is 2.03. The zero-order chi connectivity index (χ0) is 28.8. The van der Waals surface area contributed by atoms with Crippen LogP contribution in [-0.2, 0) is 19.1 Å². The second kappa shape index (κ2) is 14.1. The molecule has 2 atom stereocenters. The first-order chi connectivity index (χ1) is 15.2. The van der Waals surface area contributed by atoms with Crippen molar-refractivity contribution in [1.29, 1.82) is 0 Å². The summed E-state index contributed by atoms with van der Waals surface area (Å²) in [5, 5.41) is 20.9. The molecule has 0 rings (SSSR count). The number of carbonyl (C=O) groups is 4. The summed E-state index contributed by atoms with van der Waals surface area (Å²) >= 11 is 0. The highest BCUT2D eigenvalue weighted by atomic mass is 19.4. The van der Waals surface area contributed by atoms with Crippen molar-refractivity contribution in [2.24, 2.45) is 10.8 Å². The molecule has 0 aromatic carbocycles. The van der Waals surface area contributed by atoms with E-state index in [1.54, 1.807) is 10.6 Å². The Labute approximate surface area is 212 Å². The molecule has 2 amide bonds. The molecule has 0 aromatic heterocycles. The highest BCUT2D eigenvalue weighted by Gasteiger charge is 2.57. The van der Waals surface area contributed by atoms with Gasteiger partial charge in [0.25, 0.3) is 0 Å².